The van der Waals surface area contributed by atoms with Crippen LogP contribution in [0.5, 0.6) is 0 Å². The van der Waals surface area contributed by atoms with Gasteiger partial charge in [0.1, 0.15) is 12.1 Å². The fourth-order valence-electron chi connectivity index (χ4n) is 2.08. The summed E-state index contributed by atoms with van der Waals surface area (Å²) in [6.45, 7) is 9.48. The number of piperazine rings is 1. The zero-order valence-electron chi connectivity index (χ0n) is 11.7. The summed E-state index contributed by atoms with van der Waals surface area (Å²) >= 11 is 0. The highest BCUT2D eigenvalue weighted by Crippen LogP contribution is 2.15. The van der Waals surface area contributed by atoms with Gasteiger partial charge >= 0.3 is 0 Å². The van der Waals surface area contributed by atoms with Crippen LogP contribution < -0.4 is 5.32 Å². The van der Waals surface area contributed by atoms with E-state index in [1.807, 2.05) is 20.8 Å². The van der Waals surface area contributed by atoms with Crippen LogP contribution in [0, 0.1) is 5.92 Å². The Morgan fingerprint density at radius 3 is 2.61 bits per heavy atom. The molecule has 5 heteroatoms. The van der Waals surface area contributed by atoms with Crippen molar-refractivity contribution in [3.05, 3.63) is 0 Å². The Hall–Kier alpha value is -1.10. The number of rotatable bonds is 6. The van der Waals surface area contributed by atoms with Gasteiger partial charge in [0.2, 0.25) is 11.8 Å². The fraction of sp³-hybridized carbons (Fsp3) is 0.846. The molecule has 0 aromatic rings. The van der Waals surface area contributed by atoms with Crippen LogP contribution in [-0.2, 0) is 14.3 Å². The second kappa shape index (κ2) is 6.73. The van der Waals surface area contributed by atoms with E-state index in [2.05, 4.69) is 5.32 Å². The van der Waals surface area contributed by atoms with E-state index < -0.39 is 0 Å². The Morgan fingerprint density at radius 1 is 1.39 bits per heavy atom. The highest BCUT2D eigenvalue weighted by Gasteiger charge is 2.38. The number of hydrogen-bond acceptors (Lipinski definition) is 3. The molecule has 2 atom stereocenters. The maximum Gasteiger partial charge on any atom is 0.246 e. The molecule has 0 radical (unpaired) electrons. The number of ether oxygens (including phenoxy) is 1. The third-order valence-electron chi connectivity index (χ3n) is 3.25. The summed E-state index contributed by atoms with van der Waals surface area (Å²) in [4.78, 5) is 25.7. The lowest BCUT2D eigenvalue weighted by atomic mass is 9.98. The van der Waals surface area contributed by atoms with Crippen molar-refractivity contribution < 1.29 is 14.3 Å². The number of nitrogens with zero attached hydrogens (tertiary/aromatic N) is 1. The van der Waals surface area contributed by atoms with Crippen LogP contribution in [0.4, 0.5) is 0 Å². The lowest BCUT2D eigenvalue weighted by Crippen LogP contribution is -2.63. The first-order valence-electron chi connectivity index (χ1n) is 6.67. The number of carbonyl (C=O) groups is 2. The van der Waals surface area contributed by atoms with Crippen LogP contribution in [-0.4, -0.2) is 48.6 Å². The lowest BCUT2D eigenvalue weighted by molar-refractivity contribution is -0.150. The Labute approximate surface area is 109 Å². The molecule has 0 aliphatic carbocycles. The monoisotopic (exact) mass is 256 g/mol. The lowest BCUT2D eigenvalue weighted by Gasteiger charge is -2.38. The van der Waals surface area contributed by atoms with E-state index in [9.17, 15) is 9.59 Å². The molecule has 0 aromatic heterocycles. The Bertz CT molecular complexity index is 305. The zero-order valence-corrected chi connectivity index (χ0v) is 11.7. The molecule has 0 bridgehead atoms. The van der Waals surface area contributed by atoms with Gasteiger partial charge in [0.15, 0.2) is 0 Å². The van der Waals surface area contributed by atoms with E-state index in [4.69, 9.17) is 4.74 Å². The van der Waals surface area contributed by atoms with Gasteiger partial charge < -0.3 is 15.0 Å². The molecule has 0 spiro atoms. The average Bonchev–Trinajstić information content (AvgIpc) is 2.32. The molecule has 2 amide bonds. The van der Waals surface area contributed by atoms with Crippen molar-refractivity contribution in [2.45, 2.75) is 46.2 Å². The van der Waals surface area contributed by atoms with Crippen LogP contribution in [0.3, 0.4) is 0 Å². The molecule has 2 unspecified atom stereocenters. The molecule has 1 fully saturated rings. The molecule has 1 rings (SSSR count). The van der Waals surface area contributed by atoms with Crippen LogP contribution in [0.15, 0.2) is 0 Å². The molecular formula is C13H24N2O3. The van der Waals surface area contributed by atoms with Gasteiger partial charge in [-0.3, -0.25) is 9.59 Å². The first-order chi connectivity index (χ1) is 8.49. The van der Waals surface area contributed by atoms with Crippen molar-refractivity contribution in [1.29, 1.82) is 0 Å². The van der Waals surface area contributed by atoms with Crippen LogP contribution in [0.25, 0.3) is 0 Å². The summed E-state index contributed by atoms with van der Waals surface area (Å²) in [5.41, 5.74) is 0. The summed E-state index contributed by atoms with van der Waals surface area (Å²) < 4.78 is 5.26. The van der Waals surface area contributed by atoms with Crippen molar-refractivity contribution >= 4 is 11.8 Å². The SMILES string of the molecule is CCOCCCN1C(=O)C(C(C)C)NC(=O)C1C. The van der Waals surface area contributed by atoms with E-state index >= 15 is 0 Å². The van der Waals surface area contributed by atoms with Gasteiger partial charge in [-0.05, 0) is 26.2 Å². The summed E-state index contributed by atoms with van der Waals surface area (Å²) in [5, 5.41) is 2.79. The van der Waals surface area contributed by atoms with E-state index in [1.54, 1.807) is 11.8 Å². The molecule has 1 aliphatic heterocycles. The van der Waals surface area contributed by atoms with Gasteiger partial charge in [-0.1, -0.05) is 13.8 Å². The molecule has 1 heterocycles. The topological polar surface area (TPSA) is 58.6 Å². The maximum atomic E-state index is 12.3. The summed E-state index contributed by atoms with van der Waals surface area (Å²) in [6, 6.07) is -0.769. The molecular weight excluding hydrogens is 232 g/mol. The second-order valence-electron chi connectivity index (χ2n) is 4.99. The smallest absolute Gasteiger partial charge is 0.246 e. The number of amides is 2. The summed E-state index contributed by atoms with van der Waals surface area (Å²) in [6.07, 6.45) is 0.766. The minimum Gasteiger partial charge on any atom is -0.382 e. The molecule has 104 valence electrons. The number of nitrogens with one attached hydrogen (secondary N) is 1. The van der Waals surface area contributed by atoms with E-state index in [-0.39, 0.29) is 29.8 Å². The molecule has 1 aliphatic rings. The summed E-state index contributed by atoms with van der Waals surface area (Å²) in [5.74, 6) is 0.0710. The van der Waals surface area contributed by atoms with Crippen LogP contribution in [0.2, 0.25) is 0 Å². The zero-order chi connectivity index (χ0) is 13.7. The molecule has 0 aromatic carbocycles. The van der Waals surface area contributed by atoms with Gasteiger partial charge in [-0.2, -0.15) is 0 Å². The highest BCUT2D eigenvalue weighted by atomic mass is 16.5. The molecule has 1 N–H and O–H groups in total. The minimum absolute atomic E-state index is 0.0219. The van der Waals surface area contributed by atoms with Crippen molar-refractivity contribution in [1.82, 2.24) is 10.2 Å². The Morgan fingerprint density at radius 2 is 2.06 bits per heavy atom. The fourth-order valence-corrected chi connectivity index (χ4v) is 2.08. The second-order valence-corrected chi connectivity index (χ2v) is 4.99. The van der Waals surface area contributed by atoms with Crippen molar-refractivity contribution in [3.63, 3.8) is 0 Å². The number of hydrogen-bond donors (Lipinski definition) is 1. The standard InChI is InChI=1S/C13H24N2O3/c1-5-18-8-6-7-15-10(4)12(16)14-11(9(2)3)13(15)17/h9-11H,5-8H2,1-4H3,(H,14,16). The van der Waals surface area contributed by atoms with Crippen molar-refractivity contribution in [2.24, 2.45) is 5.92 Å². The molecule has 5 nitrogen and oxygen atoms in total. The Kier molecular flexibility index (Phi) is 5.59. The predicted molar refractivity (Wildman–Crippen MR) is 69.1 cm³/mol. The molecule has 0 saturated carbocycles. The van der Waals surface area contributed by atoms with E-state index in [1.165, 1.54) is 0 Å². The van der Waals surface area contributed by atoms with E-state index in [0.717, 1.165) is 6.42 Å². The normalized spacial score (nSPS) is 24.6. The van der Waals surface area contributed by atoms with Crippen LogP contribution in [0.1, 0.15) is 34.1 Å². The highest BCUT2D eigenvalue weighted by molar-refractivity contribution is 5.96. The van der Waals surface area contributed by atoms with Gasteiger partial charge in [0.05, 0.1) is 0 Å². The van der Waals surface area contributed by atoms with Gasteiger partial charge in [0.25, 0.3) is 0 Å². The molecule has 1 saturated heterocycles. The molecule has 18 heavy (non-hydrogen) atoms. The minimum atomic E-state index is -0.388. The average molecular weight is 256 g/mol. The van der Waals surface area contributed by atoms with Crippen molar-refractivity contribution in [2.75, 3.05) is 19.8 Å². The number of carbonyl (C=O) groups excluding carboxylic acids is 2. The van der Waals surface area contributed by atoms with Gasteiger partial charge in [0, 0.05) is 19.8 Å². The maximum absolute atomic E-state index is 12.3. The first kappa shape index (κ1) is 15.0. The third-order valence-corrected chi connectivity index (χ3v) is 3.25. The largest absolute Gasteiger partial charge is 0.382 e. The van der Waals surface area contributed by atoms with Crippen LogP contribution >= 0.6 is 0 Å². The first-order valence-corrected chi connectivity index (χ1v) is 6.67. The van der Waals surface area contributed by atoms with Crippen molar-refractivity contribution in [3.8, 4) is 0 Å². The van der Waals surface area contributed by atoms with Gasteiger partial charge in [-0.25, -0.2) is 0 Å². The van der Waals surface area contributed by atoms with Gasteiger partial charge in [-0.15, -0.1) is 0 Å². The third kappa shape index (κ3) is 3.45. The summed E-state index contributed by atoms with van der Waals surface area (Å²) in [7, 11) is 0. The van der Waals surface area contributed by atoms with E-state index in [0.29, 0.717) is 19.8 Å². The predicted octanol–water partition coefficient (Wildman–Crippen LogP) is 0.785. The Balaban J connectivity index is 2.61. The quantitative estimate of drug-likeness (QED) is 0.715.